The van der Waals surface area contributed by atoms with E-state index < -0.39 is 24.5 Å². The number of esters is 2. The van der Waals surface area contributed by atoms with Crippen molar-refractivity contribution in [1.82, 2.24) is 0 Å². The summed E-state index contributed by atoms with van der Waals surface area (Å²) in [4.78, 5) is 47.5. The molecule has 0 atom stereocenters. The number of amides is 2. The van der Waals surface area contributed by atoms with Gasteiger partial charge in [0, 0.05) is 29.2 Å². The van der Waals surface area contributed by atoms with Crippen LogP contribution in [0.25, 0.3) is 0 Å². The van der Waals surface area contributed by atoms with Crippen molar-refractivity contribution in [1.29, 1.82) is 0 Å². The molecule has 0 saturated carbocycles. The smallest absolute Gasteiger partial charge is 0.338 e. The van der Waals surface area contributed by atoms with E-state index in [1.807, 2.05) is 6.92 Å². The molecule has 0 radical (unpaired) electrons. The molecule has 2 N–H and O–H groups in total. The molecule has 0 unspecified atom stereocenters. The maximum Gasteiger partial charge on any atom is 0.338 e. The van der Waals surface area contributed by atoms with E-state index in [1.54, 1.807) is 48.5 Å². The summed E-state index contributed by atoms with van der Waals surface area (Å²) in [6.07, 6.45) is 2.13. The predicted octanol–water partition coefficient (Wildman–Crippen LogP) is 4.59. The van der Waals surface area contributed by atoms with Crippen LogP contribution in [0, 0.1) is 0 Å². The molecule has 0 saturated heterocycles. The van der Waals surface area contributed by atoms with Gasteiger partial charge in [-0.05, 0) is 61.4 Å². The fraction of sp³-hybridized carbons (Fsp3) is 0.333. The van der Waals surface area contributed by atoms with Gasteiger partial charge in [0.05, 0.1) is 12.2 Å². The van der Waals surface area contributed by atoms with Gasteiger partial charge >= 0.3 is 11.9 Å². The largest absolute Gasteiger partial charge is 0.462 e. The molecule has 0 fully saturated rings. The predicted molar refractivity (Wildman–Crippen MR) is 125 cm³/mol. The summed E-state index contributed by atoms with van der Waals surface area (Å²) in [6.45, 7) is 1.97. The Morgan fingerprint density at radius 2 is 1.39 bits per heavy atom. The maximum atomic E-state index is 12.1. The maximum absolute atomic E-state index is 12.1. The highest BCUT2D eigenvalue weighted by Crippen LogP contribution is 2.14. The molecule has 2 amide bonds. The third-order valence-electron chi connectivity index (χ3n) is 4.41. The second-order valence-corrected chi connectivity index (χ2v) is 7.62. The van der Waals surface area contributed by atoms with Gasteiger partial charge in [0.15, 0.2) is 6.61 Å². The first-order valence-corrected chi connectivity index (χ1v) is 11.0. The summed E-state index contributed by atoms with van der Waals surface area (Å²) in [7, 11) is 0. The second-order valence-electron chi connectivity index (χ2n) is 7.18. The minimum Gasteiger partial charge on any atom is -0.462 e. The van der Waals surface area contributed by atoms with Crippen molar-refractivity contribution < 1.29 is 28.7 Å². The molecule has 9 heteroatoms. The van der Waals surface area contributed by atoms with Crippen LogP contribution in [0.2, 0.25) is 5.02 Å². The van der Waals surface area contributed by atoms with E-state index in [1.165, 1.54) is 0 Å². The van der Waals surface area contributed by atoms with E-state index in [4.69, 9.17) is 21.1 Å². The highest BCUT2D eigenvalue weighted by molar-refractivity contribution is 6.30. The summed E-state index contributed by atoms with van der Waals surface area (Å²) in [5.74, 6) is -1.72. The minimum absolute atomic E-state index is 0.00415. The van der Waals surface area contributed by atoms with Crippen molar-refractivity contribution >= 4 is 46.7 Å². The Bertz CT molecular complexity index is 944. The van der Waals surface area contributed by atoms with E-state index in [2.05, 4.69) is 10.6 Å². The molecule has 2 aromatic carbocycles. The summed E-state index contributed by atoms with van der Waals surface area (Å²) >= 11 is 5.78. The first-order chi connectivity index (χ1) is 15.9. The Hall–Kier alpha value is -3.39. The lowest BCUT2D eigenvalue weighted by Crippen LogP contribution is -2.21. The van der Waals surface area contributed by atoms with Gasteiger partial charge in [-0.25, -0.2) is 4.79 Å². The summed E-state index contributed by atoms with van der Waals surface area (Å²) in [6, 6.07) is 12.9. The normalized spacial score (nSPS) is 10.2. The Kier molecular flexibility index (Phi) is 10.9. The van der Waals surface area contributed by atoms with Crippen LogP contribution in [0.1, 0.15) is 49.4 Å². The van der Waals surface area contributed by atoms with Crippen molar-refractivity contribution in [3.8, 4) is 0 Å². The molecule has 2 rings (SSSR count). The quantitative estimate of drug-likeness (QED) is 0.344. The lowest BCUT2D eigenvalue weighted by molar-refractivity contribution is -0.147. The minimum atomic E-state index is -0.569. The summed E-state index contributed by atoms with van der Waals surface area (Å²) in [5, 5.41) is 5.83. The van der Waals surface area contributed by atoms with Crippen LogP contribution in [0.5, 0.6) is 0 Å². The lowest BCUT2D eigenvalue weighted by atomic mass is 10.2. The van der Waals surface area contributed by atoms with Gasteiger partial charge < -0.3 is 20.1 Å². The molecule has 0 bridgehead atoms. The Balaban J connectivity index is 1.63. The zero-order valence-electron chi connectivity index (χ0n) is 18.4. The van der Waals surface area contributed by atoms with Gasteiger partial charge in [-0.3, -0.25) is 14.4 Å². The van der Waals surface area contributed by atoms with Crippen molar-refractivity contribution in [2.75, 3.05) is 23.8 Å². The van der Waals surface area contributed by atoms with Crippen LogP contribution in [0.15, 0.2) is 48.5 Å². The number of rotatable bonds is 12. The highest BCUT2D eigenvalue weighted by Gasteiger charge is 2.11. The number of nitrogens with one attached hydrogen (secondary N) is 2. The van der Waals surface area contributed by atoms with Gasteiger partial charge in [-0.2, -0.15) is 0 Å². The fourth-order valence-corrected chi connectivity index (χ4v) is 2.77. The molecule has 2 aromatic rings. The third-order valence-corrected chi connectivity index (χ3v) is 4.66. The molecule has 0 heterocycles. The van der Waals surface area contributed by atoms with Crippen molar-refractivity contribution in [3.63, 3.8) is 0 Å². The van der Waals surface area contributed by atoms with Crippen molar-refractivity contribution in [3.05, 3.63) is 59.1 Å². The molecule has 176 valence electrons. The number of carbonyl (C=O) groups is 4. The zero-order valence-corrected chi connectivity index (χ0v) is 19.2. The molecular formula is C24H27ClN2O6. The van der Waals surface area contributed by atoms with Gasteiger partial charge in [0.2, 0.25) is 5.91 Å². The standard InChI is InChI=1S/C24H27ClN2O6/c1-2-3-15-32-24(31)17-7-11-19(12-8-17)26-21(28)5-4-6-23(30)33-16-22(29)27-20-13-9-18(25)10-14-20/h7-14H,2-6,15-16H2,1H3,(H,26,28)(H,27,29). The Labute approximate surface area is 197 Å². The fourth-order valence-electron chi connectivity index (χ4n) is 2.65. The topological polar surface area (TPSA) is 111 Å². The van der Waals surface area contributed by atoms with Crippen LogP contribution in [0.3, 0.4) is 0 Å². The highest BCUT2D eigenvalue weighted by atomic mass is 35.5. The number of anilines is 2. The summed E-state index contributed by atoms with van der Waals surface area (Å²) < 4.78 is 10.1. The Morgan fingerprint density at radius 3 is 2.03 bits per heavy atom. The van der Waals surface area contributed by atoms with Crippen LogP contribution >= 0.6 is 11.6 Å². The van der Waals surface area contributed by atoms with E-state index in [0.29, 0.717) is 28.6 Å². The van der Waals surface area contributed by atoms with Gasteiger partial charge in [-0.1, -0.05) is 24.9 Å². The van der Waals surface area contributed by atoms with E-state index in [0.717, 1.165) is 12.8 Å². The first-order valence-electron chi connectivity index (χ1n) is 10.7. The molecule has 8 nitrogen and oxygen atoms in total. The van der Waals surface area contributed by atoms with Crippen LogP contribution in [-0.2, 0) is 23.9 Å². The summed E-state index contributed by atoms with van der Waals surface area (Å²) in [5.41, 5.74) is 1.48. The van der Waals surface area contributed by atoms with E-state index in [-0.39, 0.29) is 25.2 Å². The average molecular weight is 475 g/mol. The molecule has 0 aliphatic rings. The van der Waals surface area contributed by atoms with Gasteiger partial charge in [0.25, 0.3) is 5.91 Å². The average Bonchev–Trinajstić information content (AvgIpc) is 2.80. The number of ether oxygens (including phenoxy) is 2. The first kappa shape index (κ1) is 25.9. The number of hydrogen-bond donors (Lipinski definition) is 2. The molecule has 33 heavy (non-hydrogen) atoms. The van der Waals surface area contributed by atoms with E-state index in [9.17, 15) is 19.2 Å². The number of carbonyl (C=O) groups excluding carboxylic acids is 4. The van der Waals surface area contributed by atoms with E-state index >= 15 is 0 Å². The number of hydrogen-bond acceptors (Lipinski definition) is 6. The zero-order chi connectivity index (χ0) is 24.1. The Morgan fingerprint density at radius 1 is 0.788 bits per heavy atom. The van der Waals surface area contributed by atoms with Gasteiger partial charge in [0.1, 0.15) is 0 Å². The molecule has 0 spiro atoms. The van der Waals surface area contributed by atoms with Crippen LogP contribution < -0.4 is 10.6 Å². The second kappa shape index (κ2) is 13.9. The van der Waals surface area contributed by atoms with Crippen molar-refractivity contribution in [2.24, 2.45) is 0 Å². The van der Waals surface area contributed by atoms with Crippen LogP contribution in [0.4, 0.5) is 11.4 Å². The monoisotopic (exact) mass is 474 g/mol. The number of halogens is 1. The van der Waals surface area contributed by atoms with Crippen molar-refractivity contribution in [2.45, 2.75) is 39.0 Å². The van der Waals surface area contributed by atoms with Gasteiger partial charge in [-0.15, -0.1) is 0 Å². The SMILES string of the molecule is CCCCOC(=O)c1ccc(NC(=O)CCCC(=O)OCC(=O)Nc2ccc(Cl)cc2)cc1. The molecule has 0 aliphatic heterocycles. The number of benzene rings is 2. The third kappa shape index (κ3) is 10.2. The lowest BCUT2D eigenvalue weighted by Gasteiger charge is -2.08. The molecule has 0 aromatic heterocycles. The van der Waals surface area contributed by atoms with Crippen LogP contribution in [-0.4, -0.2) is 37.0 Å². The molecular weight excluding hydrogens is 448 g/mol. The molecule has 0 aliphatic carbocycles. The number of unbranched alkanes of at least 4 members (excludes halogenated alkanes) is 1.